The Morgan fingerprint density at radius 3 is 1.79 bits per heavy atom. The SMILES string of the molecule is CCCCCCCC(=O)OCOP1(=O)OCC2OC(n3cnc4c(N)ncnc43)C(F)C2OP(=O)(OCOC(=O)CCCCCCC)OCC2CC(n3cnc4c(N)ncnc43)C(F)C2O1. The van der Waals surface area contributed by atoms with Crippen molar-refractivity contribution in [2.45, 2.75) is 140 Å². The molecule has 2 aliphatic heterocycles. The number of hydrogen-bond acceptors (Lipinski definition) is 21. The summed E-state index contributed by atoms with van der Waals surface area (Å²) >= 11 is 0. The topological polar surface area (TPSA) is 291 Å². The van der Waals surface area contributed by atoms with Crippen molar-refractivity contribution in [2.75, 3.05) is 38.3 Å². The quantitative estimate of drug-likeness (QED) is 0.0400. The second-order valence-electron chi connectivity index (χ2n) is 16.2. The summed E-state index contributed by atoms with van der Waals surface area (Å²) < 4.78 is 117. The number of carbonyl (C=O) groups is 2. The number of nitrogens with two attached hydrogens (primary N) is 2. The minimum atomic E-state index is -5.02. The van der Waals surface area contributed by atoms with Crippen molar-refractivity contribution >= 4 is 61.5 Å². The fourth-order valence-corrected chi connectivity index (χ4v) is 10.6. The maximum Gasteiger partial charge on any atom is 0.478 e. The number of hydrogen-bond donors (Lipinski definition) is 2. The van der Waals surface area contributed by atoms with Crippen LogP contribution in [0.2, 0.25) is 0 Å². The van der Waals surface area contributed by atoms with Crippen LogP contribution in [-0.4, -0.2) is 108 Å². The summed E-state index contributed by atoms with van der Waals surface area (Å²) in [4.78, 5) is 49.9. The maximum atomic E-state index is 17.0. The van der Waals surface area contributed by atoms with E-state index >= 15 is 8.78 Å². The van der Waals surface area contributed by atoms with E-state index in [0.29, 0.717) is 12.8 Å². The number of nitrogens with zero attached hydrogens (tertiary/aromatic N) is 8. The number of esters is 2. The zero-order valence-corrected chi connectivity index (χ0v) is 38.4. The maximum absolute atomic E-state index is 17.0. The predicted molar refractivity (Wildman–Crippen MR) is 228 cm³/mol. The molecule has 6 heterocycles. The summed E-state index contributed by atoms with van der Waals surface area (Å²) in [6, 6.07) is -1.15. The molecule has 1 aliphatic carbocycles. The monoisotopic (exact) mass is 972 g/mol. The number of aromatic nitrogens is 8. The van der Waals surface area contributed by atoms with Crippen molar-refractivity contribution in [1.29, 1.82) is 0 Å². The van der Waals surface area contributed by atoms with Gasteiger partial charge in [-0.2, -0.15) is 0 Å². The molecule has 1 saturated carbocycles. The lowest BCUT2D eigenvalue weighted by Gasteiger charge is -2.30. The molecule has 7 rings (SSSR count). The number of fused-ring (bicyclic) bond motifs is 4. The Morgan fingerprint density at radius 2 is 1.21 bits per heavy atom. The standard InChI is InChI=1S/C39H56F2N10O13P2/c1-3-5-7-9-11-13-27(52)56-22-60-65(54)58-16-24-15-25(50-20-48-31-35(42)44-18-46-37(31)50)29(40)33(24)63-66(55,61-23-57-28(53)14-12-10-8-6-4-2)59-17-26-34(64-65)30(41)39(62-26)51-21-49-32-36(43)45-19-47-38(32)51/h18-21,24-26,29-30,33-34,39H,3-17,22-23H2,1-2H3,(H2,42,44,46)(H2,43,45,47). The third-order valence-corrected chi connectivity index (χ3v) is 14.3. The molecule has 10 atom stereocenters. The van der Waals surface area contributed by atoms with Gasteiger partial charge in [-0.1, -0.05) is 65.2 Å². The molecule has 364 valence electrons. The van der Waals surface area contributed by atoms with Gasteiger partial charge >= 0.3 is 27.6 Å². The first kappa shape index (κ1) is 49.6. The Morgan fingerprint density at radius 1 is 0.697 bits per heavy atom. The fourth-order valence-electron chi connectivity index (χ4n) is 8.02. The van der Waals surface area contributed by atoms with E-state index in [9.17, 15) is 18.7 Å². The van der Waals surface area contributed by atoms with Crippen LogP contribution in [0.1, 0.15) is 110 Å². The van der Waals surface area contributed by atoms with Crippen LogP contribution in [0, 0.1) is 5.92 Å². The van der Waals surface area contributed by atoms with Crippen LogP contribution in [0.4, 0.5) is 20.4 Å². The largest absolute Gasteiger partial charge is 0.478 e. The zero-order chi connectivity index (χ0) is 46.8. The Kier molecular flexibility index (Phi) is 17.0. The highest BCUT2D eigenvalue weighted by Crippen LogP contribution is 2.59. The molecule has 10 unspecified atom stereocenters. The minimum absolute atomic E-state index is 0.00921. The lowest BCUT2D eigenvalue weighted by molar-refractivity contribution is -0.152. The molecule has 0 spiro atoms. The second kappa shape index (κ2) is 22.7. The number of anilines is 2. The van der Waals surface area contributed by atoms with Crippen molar-refractivity contribution in [2.24, 2.45) is 5.92 Å². The number of ether oxygens (including phenoxy) is 3. The Bertz CT molecular complexity index is 2210. The van der Waals surface area contributed by atoms with Gasteiger partial charge in [0.25, 0.3) is 0 Å². The Hall–Kier alpha value is -4.32. The molecule has 0 aromatic carbocycles. The van der Waals surface area contributed by atoms with Crippen molar-refractivity contribution < 1.29 is 68.9 Å². The number of alkyl halides is 2. The van der Waals surface area contributed by atoms with Crippen molar-refractivity contribution in [3.8, 4) is 0 Å². The molecule has 0 amide bonds. The number of unbranched alkanes of at least 4 members (excludes halogenated alkanes) is 8. The number of halogens is 2. The van der Waals surface area contributed by atoms with Crippen LogP contribution in [-0.2, 0) is 60.1 Å². The lowest BCUT2D eigenvalue weighted by atomic mass is 10.1. The molecule has 0 bridgehead atoms. The number of nitrogen functional groups attached to an aromatic ring is 2. The van der Waals surface area contributed by atoms with Crippen LogP contribution in [0.5, 0.6) is 0 Å². The van der Waals surface area contributed by atoms with Gasteiger partial charge in [-0.15, -0.1) is 0 Å². The molecule has 3 fully saturated rings. The van der Waals surface area contributed by atoms with E-state index in [-0.39, 0.29) is 53.2 Å². The van der Waals surface area contributed by atoms with Crippen LogP contribution in [0.15, 0.2) is 25.3 Å². The summed E-state index contributed by atoms with van der Waals surface area (Å²) in [5, 5.41) is 0. The fraction of sp³-hybridized carbons (Fsp3) is 0.692. The molecule has 3 aliphatic rings. The first-order chi connectivity index (χ1) is 31.8. The summed E-state index contributed by atoms with van der Waals surface area (Å²) in [6.45, 7) is 0.713. The number of phosphoric ester groups is 2. The highest BCUT2D eigenvalue weighted by molar-refractivity contribution is 7.48. The molecular formula is C39H56F2N10O13P2. The molecule has 0 radical (unpaired) electrons. The van der Waals surface area contributed by atoms with Gasteiger partial charge in [-0.05, 0) is 19.3 Å². The van der Waals surface area contributed by atoms with E-state index in [1.165, 1.54) is 28.1 Å². The summed E-state index contributed by atoms with van der Waals surface area (Å²) in [7, 11) is -10.0. The lowest BCUT2D eigenvalue weighted by Crippen LogP contribution is -2.36. The summed E-state index contributed by atoms with van der Waals surface area (Å²) in [5.41, 5.74) is 12.5. The van der Waals surface area contributed by atoms with Crippen molar-refractivity contribution in [3.05, 3.63) is 25.3 Å². The average Bonchev–Trinajstić information content (AvgIpc) is 4.06. The molecule has 2 saturated heterocycles. The van der Waals surface area contributed by atoms with Gasteiger partial charge < -0.3 is 30.2 Å². The van der Waals surface area contributed by atoms with Crippen LogP contribution in [0.25, 0.3) is 22.3 Å². The van der Waals surface area contributed by atoms with Crippen molar-refractivity contribution in [1.82, 2.24) is 39.0 Å². The number of carbonyl (C=O) groups excluding carboxylic acids is 2. The highest BCUT2D eigenvalue weighted by atomic mass is 31.2. The zero-order valence-electron chi connectivity index (χ0n) is 36.6. The number of phosphoric acid groups is 2. The third-order valence-electron chi connectivity index (χ3n) is 11.5. The second-order valence-corrected chi connectivity index (χ2v) is 19.4. The minimum Gasteiger partial charge on any atom is -0.438 e. The van der Waals surface area contributed by atoms with Gasteiger partial charge in [0.1, 0.15) is 48.2 Å². The molecule has 4 aromatic rings. The molecule has 66 heavy (non-hydrogen) atoms. The van der Waals surface area contributed by atoms with E-state index in [4.69, 9.17) is 52.8 Å². The number of rotatable bonds is 20. The molecule has 4 aromatic heterocycles. The molecule has 23 nitrogen and oxygen atoms in total. The van der Waals surface area contributed by atoms with E-state index in [1.807, 2.05) is 0 Å². The predicted octanol–water partition coefficient (Wildman–Crippen LogP) is 6.75. The first-order valence-corrected chi connectivity index (χ1v) is 25.0. The summed E-state index contributed by atoms with van der Waals surface area (Å²) in [5.74, 6) is -2.43. The smallest absolute Gasteiger partial charge is 0.438 e. The van der Waals surface area contributed by atoms with Gasteiger partial charge in [0.2, 0.25) is 13.6 Å². The summed E-state index contributed by atoms with van der Waals surface area (Å²) in [6.07, 6.45) is 2.23. The first-order valence-electron chi connectivity index (χ1n) is 22.1. The van der Waals surface area contributed by atoms with Crippen LogP contribution >= 0.6 is 15.6 Å². The van der Waals surface area contributed by atoms with Crippen molar-refractivity contribution in [3.63, 3.8) is 0 Å². The van der Waals surface area contributed by atoms with E-state index < -0.39 is 103 Å². The average molecular weight is 973 g/mol. The van der Waals surface area contributed by atoms with Crippen LogP contribution in [0.3, 0.4) is 0 Å². The van der Waals surface area contributed by atoms with Gasteiger partial charge in [0.05, 0.1) is 31.9 Å². The normalized spacial score (nSPS) is 29.3. The van der Waals surface area contributed by atoms with Gasteiger partial charge in [-0.25, -0.2) is 56.9 Å². The molecule has 4 N–H and O–H groups in total. The van der Waals surface area contributed by atoms with E-state index in [2.05, 4.69) is 43.8 Å². The van der Waals surface area contributed by atoms with Crippen LogP contribution < -0.4 is 11.5 Å². The highest BCUT2D eigenvalue weighted by Gasteiger charge is 2.55. The Labute approximate surface area is 378 Å². The van der Waals surface area contributed by atoms with E-state index in [0.717, 1.165) is 57.7 Å². The molecular weight excluding hydrogens is 916 g/mol. The van der Waals surface area contributed by atoms with E-state index in [1.54, 1.807) is 0 Å². The van der Waals surface area contributed by atoms with Gasteiger partial charge in [-0.3, -0.25) is 32.3 Å². The van der Waals surface area contributed by atoms with Gasteiger partial charge in [0, 0.05) is 18.8 Å². The Balaban J connectivity index is 1.17. The van der Waals surface area contributed by atoms with Gasteiger partial charge in [0.15, 0.2) is 35.3 Å². The molecule has 27 heteroatoms. The number of imidazole rings is 2. The third kappa shape index (κ3) is 11.9.